The van der Waals surface area contributed by atoms with Crippen molar-refractivity contribution >= 4 is 26.1 Å². The van der Waals surface area contributed by atoms with Gasteiger partial charge in [0.1, 0.15) is 6.04 Å². The van der Waals surface area contributed by atoms with E-state index in [1.807, 2.05) is 20.8 Å². The van der Waals surface area contributed by atoms with E-state index in [1.165, 1.54) is 4.57 Å². The molecule has 0 unspecified atom stereocenters. The van der Waals surface area contributed by atoms with E-state index in [0.29, 0.717) is 0 Å². The van der Waals surface area contributed by atoms with Crippen molar-refractivity contribution < 1.29 is 24.6 Å². The first-order chi connectivity index (χ1) is 10.2. The molecule has 0 spiro atoms. The van der Waals surface area contributed by atoms with Gasteiger partial charge in [0.2, 0.25) is 5.91 Å². The molecule has 0 heterocycles. The van der Waals surface area contributed by atoms with Crippen molar-refractivity contribution in [3.8, 4) is 0 Å². The number of nitrogens with zero attached hydrogens (tertiary/aromatic N) is 1. The van der Waals surface area contributed by atoms with Gasteiger partial charge in [0.05, 0.1) is 0 Å². The van der Waals surface area contributed by atoms with Crippen LogP contribution in [-0.4, -0.2) is 46.9 Å². The van der Waals surface area contributed by atoms with Gasteiger partial charge in [0.15, 0.2) is 8.24 Å². The minimum absolute atomic E-state index is 0.0849. The fraction of sp³-hybridized carbons (Fsp3) is 0.667. The summed E-state index contributed by atoms with van der Waals surface area (Å²) in [5.74, 6) is -2.58. The van der Waals surface area contributed by atoms with Crippen molar-refractivity contribution in [2.24, 2.45) is 0 Å². The smallest absolute Gasteiger partial charge is 0.325 e. The third-order valence-electron chi connectivity index (χ3n) is 4.30. The number of hydrogen-bond donors (Lipinski definition) is 2. The number of carbonyl (C=O) groups excluding carboxylic acids is 1. The summed E-state index contributed by atoms with van der Waals surface area (Å²) in [5, 5.41) is 18.4. The Morgan fingerprint density at radius 1 is 1.09 bits per heavy atom. The number of carboxylic acids is 2. The minimum Gasteiger partial charge on any atom is -0.481 e. The monoisotopic (exact) mass is 329 g/mol. The molecule has 0 fully saturated rings. The van der Waals surface area contributed by atoms with Crippen LogP contribution in [0.5, 0.6) is 0 Å². The van der Waals surface area contributed by atoms with Crippen LogP contribution < -0.4 is 0 Å². The van der Waals surface area contributed by atoms with Gasteiger partial charge in [0.25, 0.3) is 0 Å². The van der Waals surface area contributed by atoms with E-state index in [9.17, 15) is 19.5 Å². The van der Waals surface area contributed by atoms with E-state index in [-0.39, 0.29) is 24.3 Å². The second-order valence-electron chi connectivity index (χ2n) is 5.53. The third-order valence-corrected chi connectivity index (χ3v) is 9.78. The van der Waals surface area contributed by atoms with Crippen molar-refractivity contribution in [3.05, 3.63) is 12.2 Å². The number of amides is 1. The summed E-state index contributed by atoms with van der Waals surface area (Å²) in [4.78, 5) is 35.1. The maximum Gasteiger partial charge on any atom is 0.325 e. The third kappa shape index (κ3) is 4.69. The molecular weight excluding hydrogens is 302 g/mol. The van der Waals surface area contributed by atoms with Gasteiger partial charge in [-0.3, -0.25) is 14.4 Å². The second-order valence-corrected chi connectivity index (χ2v) is 10.6. The lowest BCUT2D eigenvalue weighted by Crippen LogP contribution is -2.61. The average molecular weight is 329 g/mol. The molecule has 0 bridgehead atoms. The maximum atomic E-state index is 12.6. The van der Waals surface area contributed by atoms with E-state index in [4.69, 9.17) is 5.11 Å². The highest BCUT2D eigenvalue weighted by molar-refractivity contribution is 6.79. The highest BCUT2D eigenvalue weighted by Gasteiger charge is 2.44. The van der Waals surface area contributed by atoms with Crippen molar-refractivity contribution in [2.75, 3.05) is 0 Å². The molecule has 0 aliphatic rings. The summed E-state index contributed by atoms with van der Waals surface area (Å²) in [6.45, 7) is 11.1. The molecule has 0 rings (SSSR count). The first kappa shape index (κ1) is 20.4. The summed E-state index contributed by atoms with van der Waals surface area (Å²) in [6, 6.07) is 1.09. The Hall–Kier alpha value is -1.63. The van der Waals surface area contributed by atoms with Crippen LogP contribution in [0.4, 0.5) is 0 Å². The molecule has 0 aromatic heterocycles. The average Bonchev–Trinajstić information content (AvgIpc) is 2.46. The zero-order valence-electron chi connectivity index (χ0n) is 13.9. The molecule has 1 atom stereocenters. The molecule has 126 valence electrons. The molecule has 0 aromatic carbocycles. The largest absolute Gasteiger partial charge is 0.481 e. The second kappa shape index (κ2) is 8.72. The first-order valence-electron chi connectivity index (χ1n) is 7.60. The van der Waals surface area contributed by atoms with Crippen molar-refractivity contribution in [2.45, 2.75) is 64.7 Å². The molecule has 0 aliphatic carbocycles. The van der Waals surface area contributed by atoms with Gasteiger partial charge >= 0.3 is 11.9 Å². The Kier molecular flexibility index (Phi) is 8.08. The van der Waals surface area contributed by atoms with Crippen LogP contribution in [0.15, 0.2) is 12.2 Å². The number of hydrogen-bond acceptors (Lipinski definition) is 3. The Balaban J connectivity index is 5.89. The van der Waals surface area contributed by atoms with E-state index in [2.05, 4.69) is 6.58 Å². The Morgan fingerprint density at radius 3 is 1.82 bits per heavy atom. The van der Waals surface area contributed by atoms with Gasteiger partial charge < -0.3 is 14.8 Å². The quantitative estimate of drug-likeness (QED) is 0.474. The van der Waals surface area contributed by atoms with Gasteiger partial charge in [-0.15, -0.1) is 0 Å². The summed E-state index contributed by atoms with van der Waals surface area (Å²) >= 11 is 0. The lowest BCUT2D eigenvalue weighted by Gasteiger charge is -2.44. The lowest BCUT2D eigenvalue weighted by molar-refractivity contribution is -0.146. The number of carboxylic acid groups (broad SMARTS) is 2. The van der Waals surface area contributed by atoms with E-state index in [0.717, 1.165) is 18.1 Å². The van der Waals surface area contributed by atoms with Gasteiger partial charge in [-0.05, 0) is 31.5 Å². The minimum atomic E-state index is -2.32. The van der Waals surface area contributed by atoms with Crippen LogP contribution in [0, 0.1) is 0 Å². The van der Waals surface area contributed by atoms with E-state index >= 15 is 0 Å². The highest BCUT2D eigenvalue weighted by atomic mass is 28.3. The molecule has 0 aromatic rings. The molecule has 0 aliphatic heterocycles. The van der Waals surface area contributed by atoms with Crippen molar-refractivity contribution in [3.63, 3.8) is 0 Å². The SMILES string of the molecule is C=C(C)C(=O)N([C@@H](CCC(=O)O)C(=O)O)[Si](CC)(CC)CC. The Morgan fingerprint density at radius 2 is 1.55 bits per heavy atom. The fourth-order valence-corrected chi connectivity index (χ4v) is 6.82. The predicted octanol–water partition coefficient (Wildman–Crippen LogP) is 2.71. The van der Waals surface area contributed by atoms with Crippen LogP contribution in [-0.2, 0) is 14.4 Å². The lowest BCUT2D eigenvalue weighted by atomic mass is 10.1. The number of aliphatic carboxylic acids is 2. The van der Waals surface area contributed by atoms with Crippen LogP contribution >= 0.6 is 0 Å². The molecule has 7 heteroatoms. The van der Waals surface area contributed by atoms with Crippen molar-refractivity contribution in [1.82, 2.24) is 4.57 Å². The molecular formula is C15H27NO5Si. The Labute approximate surface area is 132 Å². The molecule has 6 nitrogen and oxygen atoms in total. The standard InChI is InChI=1S/C15H27NO5Si/c1-6-22(7-2,8-3)16(14(19)11(4)5)12(15(20)21)9-10-13(17)18/h12H,4,6-10H2,1-3,5H3,(H,17,18)(H,20,21)/t12-/m0/s1. The van der Waals surface area contributed by atoms with Crippen molar-refractivity contribution in [1.29, 1.82) is 0 Å². The normalized spacial score (nSPS) is 12.5. The maximum absolute atomic E-state index is 12.6. The van der Waals surface area contributed by atoms with E-state index < -0.39 is 26.2 Å². The number of carbonyl (C=O) groups is 3. The zero-order valence-corrected chi connectivity index (χ0v) is 14.9. The molecule has 0 radical (unpaired) electrons. The zero-order chi connectivity index (χ0) is 17.5. The predicted molar refractivity (Wildman–Crippen MR) is 87.2 cm³/mol. The first-order valence-corrected chi connectivity index (χ1v) is 10.2. The van der Waals surface area contributed by atoms with Gasteiger partial charge in [-0.1, -0.05) is 27.4 Å². The molecule has 2 N–H and O–H groups in total. The fourth-order valence-electron chi connectivity index (χ4n) is 2.78. The molecule has 0 saturated carbocycles. The Bertz CT molecular complexity index is 437. The van der Waals surface area contributed by atoms with Gasteiger partial charge in [0, 0.05) is 12.0 Å². The van der Waals surface area contributed by atoms with Gasteiger partial charge in [-0.25, -0.2) is 0 Å². The summed E-state index contributed by atoms with van der Waals surface area (Å²) in [5.41, 5.74) is 0.286. The van der Waals surface area contributed by atoms with Gasteiger partial charge in [-0.2, -0.15) is 0 Å². The highest BCUT2D eigenvalue weighted by Crippen LogP contribution is 2.30. The molecule has 0 saturated heterocycles. The van der Waals surface area contributed by atoms with Crippen LogP contribution in [0.3, 0.4) is 0 Å². The van der Waals surface area contributed by atoms with Crippen LogP contribution in [0.25, 0.3) is 0 Å². The summed E-state index contributed by atoms with van der Waals surface area (Å²) in [7, 11) is -2.32. The summed E-state index contributed by atoms with van der Waals surface area (Å²) < 4.78 is 1.49. The van der Waals surface area contributed by atoms with E-state index in [1.54, 1.807) is 6.92 Å². The number of rotatable bonds is 10. The molecule has 1 amide bonds. The van der Waals surface area contributed by atoms with Crippen LogP contribution in [0.2, 0.25) is 18.1 Å². The topological polar surface area (TPSA) is 94.9 Å². The molecule has 22 heavy (non-hydrogen) atoms. The van der Waals surface area contributed by atoms with Crippen LogP contribution in [0.1, 0.15) is 40.5 Å². The summed E-state index contributed by atoms with van der Waals surface area (Å²) in [6.07, 6.45) is -0.364.